The predicted octanol–water partition coefficient (Wildman–Crippen LogP) is 6.59. The molecule has 1 saturated carbocycles. The standard InChI is InChI=1S/C28H25Cl2NO5/c29-19-6-3-17(22(13-19)16-1-2-16)9-11-31-27(32)18-4-7-20(8-5-18)36-26-15-25-23(14-24(26)30)21(28(33)34)10-12-35-25/h3-8,13-16,21H,1-2,9-12H2,(H,31,32)(H,33,34)/t21-/m0/s1. The first-order chi connectivity index (χ1) is 17.4. The molecule has 186 valence electrons. The van der Waals surface area contributed by atoms with Gasteiger partial charge in [-0.3, -0.25) is 9.59 Å². The smallest absolute Gasteiger partial charge is 0.311 e. The molecule has 0 unspecified atom stereocenters. The maximum Gasteiger partial charge on any atom is 0.311 e. The van der Waals surface area contributed by atoms with E-state index < -0.39 is 11.9 Å². The van der Waals surface area contributed by atoms with E-state index in [0.717, 1.165) is 11.4 Å². The minimum Gasteiger partial charge on any atom is -0.493 e. The molecular weight excluding hydrogens is 501 g/mol. The van der Waals surface area contributed by atoms with Crippen molar-refractivity contribution in [3.05, 3.63) is 86.9 Å². The number of amides is 1. The van der Waals surface area contributed by atoms with Crippen molar-refractivity contribution in [3.8, 4) is 17.2 Å². The van der Waals surface area contributed by atoms with Gasteiger partial charge in [-0.05, 0) is 85.2 Å². The normalized spacial score (nSPS) is 16.6. The summed E-state index contributed by atoms with van der Waals surface area (Å²) in [6, 6.07) is 15.9. The molecule has 8 heteroatoms. The molecule has 5 rings (SSSR count). The molecule has 0 radical (unpaired) electrons. The van der Waals surface area contributed by atoms with E-state index in [1.807, 2.05) is 18.2 Å². The van der Waals surface area contributed by atoms with Gasteiger partial charge in [-0.25, -0.2) is 0 Å². The fourth-order valence-electron chi connectivity index (χ4n) is 4.51. The van der Waals surface area contributed by atoms with Crippen LogP contribution in [0.3, 0.4) is 0 Å². The van der Waals surface area contributed by atoms with Crippen LogP contribution in [0.2, 0.25) is 10.0 Å². The number of benzene rings is 3. The van der Waals surface area contributed by atoms with Gasteiger partial charge in [-0.2, -0.15) is 0 Å². The number of halogens is 2. The molecule has 1 atom stereocenters. The van der Waals surface area contributed by atoms with Crippen molar-refractivity contribution in [1.82, 2.24) is 5.32 Å². The van der Waals surface area contributed by atoms with Crippen molar-refractivity contribution in [2.24, 2.45) is 0 Å². The second-order valence-electron chi connectivity index (χ2n) is 9.10. The summed E-state index contributed by atoms with van der Waals surface area (Å²) < 4.78 is 11.5. The molecule has 1 fully saturated rings. The summed E-state index contributed by atoms with van der Waals surface area (Å²) in [5.41, 5.74) is 3.58. The van der Waals surface area contributed by atoms with Crippen molar-refractivity contribution in [2.45, 2.75) is 37.5 Å². The Morgan fingerprint density at radius 1 is 1.00 bits per heavy atom. The Morgan fingerprint density at radius 3 is 2.50 bits per heavy atom. The quantitative estimate of drug-likeness (QED) is 0.346. The number of rotatable bonds is 8. The summed E-state index contributed by atoms with van der Waals surface area (Å²) in [7, 11) is 0. The van der Waals surface area contributed by atoms with Crippen LogP contribution in [0.4, 0.5) is 0 Å². The molecule has 1 heterocycles. The molecular formula is C28H25Cl2NO5. The maximum absolute atomic E-state index is 12.6. The van der Waals surface area contributed by atoms with Crippen molar-refractivity contribution in [1.29, 1.82) is 0 Å². The van der Waals surface area contributed by atoms with E-state index in [1.54, 1.807) is 36.4 Å². The van der Waals surface area contributed by atoms with Gasteiger partial charge >= 0.3 is 5.97 Å². The highest BCUT2D eigenvalue weighted by Crippen LogP contribution is 2.43. The molecule has 0 aromatic heterocycles. The van der Waals surface area contributed by atoms with Gasteiger partial charge in [0.1, 0.15) is 17.2 Å². The number of nitrogens with one attached hydrogen (secondary N) is 1. The van der Waals surface area contributed by atoms with Gasteiger partial charge < -0.3 is 19.9 Å². The summed E-state index contributed by atoms with van der Waals surface area (Å²) in [6.07, 6.45) is 3.53. The monoisotopic (exact) mass is 525 g/mol. The number of hydrogen-bond donors (Lipinski definition) is 2. The average Bonchev–Trinajstić information content (AvgIpc) is 3.71. The number of carboxylic acids is 1. The zero-order valence-corrected chi connectivity index (χ0v) is 20.9. The topological polar surface area (TPSA) is 84.9 Å². The lowest BCUT2D eigenvalue weighted by molar-refractivity contribution is -0.139. The van der Waals surface area contributed by atoms with Crippen molar-refractivity contribution in [3.63, 3.8) is 0 Å². The van der Waals surface area contributed by atoms with Gasteiger partial charge in [-0.15, -0.1) is 0 Å². The van der Waals surface area contributed by atoms with Crippen LogP contribution < -0.4 is 14.8 Å². The first kappa shape index (κ1) is 24.5. The summed E-state index contributed by atoms with van der Waals surface area (Å²) >= 11 is 12.5. The highest BCUT2D eigenvalue weighted by molar-refractivity contribution is 6.32. The van der Waals surface area contributed by atoms with E-state index in [9.17, 15) is 14.7 Å². The first-order valence-electron chi connectivity index (χ1n) is 11.9. The van der Waals surface area contributed by atoms with E-state index >= 15 is 0 Å². The number of carbonyl (C=O) groups is 2. The van der Waals surface area contributed by atoms with E-state index in [4.69, 9.17) is 32.7 Å². The van der Waals surface area contributed by atoms with Crippen LogP contribution in [0.1, 0.15) is 58.1 Å². The summed E-state index contributed by atoms with van der Waals surface area (Å²) in [5, 5.41) is 13.5. The van der Waals surface area contributed by atoms with Gasteiger partial charge in [0.05, 0.1) is 17.5 Å². The Hall–Kier alpha value is -3.22. The Kier molecular flexibility index (Phi) is 7.08. The van der Waals surface area contributed by atoms with Crippen LogP contribution >= 0.6 is 23.2 Å². The lowest BCUT2D eigenvalue weighted by atomic mass is 9.93. The van der Waals surface area contributed by atoms with E-state index in [0.29, 0.717) is 58.9 Å². The SMILES string of the molecule is O=C(NCCc1ccc(Cl)cc1C1CC1)c1ccc(Oc2cc3c(cc2Cl)[C@@H](C(=O)O)CCO3)cc1. The summed E-state index contributed by atoms with van der Waals surface area (Å²) in [4.78, 5) is 24.1. The van der Waals surface area contributed by atoms with Crippen LogP contribution in [0, 0.1) is 0 Å². The largest absolute Gasteiger partial charge is 0.493 e. The fraction of sp³-hybridized carbons (Fsp3) is 0.286. The van der Waals surface area contributed by atoms with Gasteiger partial charge in [0.25, 0.3) is 5.91 Å². The van der Waals surface area contributed by atoms with Crippen LogP contribution in [-0.2, 0) is 11.2 Å². The van der Waals surface area contributed by atoms with Crippen molar-refractivity contribution < 1.29 is 24.2 Å². The van der Waals surface area contributed by atoms with E-state index in [1.165, 1.54) is 24.0 Å². The summed E-state index contributed by atoms with van der Waals surface area (Å²) in [6.45, 7) is 0.843. The molecule has 0 spiro atoms. The number of carboxylic acid groups (broad SMARTS) is 1. The van der Waals surface area contributed by atoms with Crippen LogP contribution in [0.5, 0.6) is 17.2 Å². The molecule has 2 aliphatic rings. The number of fused-ring (bicyclic) bond motifs is 1. The third kappa shape index (κ3) is 5.45. The molecule has 1 aliphatic carbocycles. The average molecular weight is 526 g/mol. The molecule has 0 bridgehead atoms. The molecule has 6 nitrogen and oxygen atoms in total. The van der Waals surface area contributed by atoms with E-state index in [-0.39, 0.29) is 5.91 Å². The minimum atomic E-state index is -0.908. The second-order valence-corrected chi connectivity index (χ2v) is 9.94. The van der Waals surface area contributed by atoms with Crippen molar-refractivity contribution in [2.75, 3.05) is 13.2 Å². The second kappa shape index (κ2) is 10.4. The minimum absolute atomic E-state index is 0.164. The Morgan fingerprint density at radius 2 is 1.78 bits per heavy atom. The number of hydrogen-bond acceptors (Lipinski definition) is 4. The van der Waals surface area contributed by atoms with Gasteiger partial charge in [0, 0.05) is 28.8 Å². The number of carbonyl (C=O) groups excluding carboxylic acids is 1. The van der Waals surface area contributed by atoms with Gasteiger partial charge in [-0.1, -0.05) is 29.3 Å². The van der Waals surface area contributed by atoms with Crippen LogP contribution in [0.15, 0.2) is 54.6 Å². The molecule has 1 amide bonds. The number of ether oxygens (including phenoxy) is 2. The van der Waals surface area contributed by atoms with Crippen LogP contribution in [0.25, 0.3) is 0 Å². The van der Waals surface area contributed by atoms with Crippen LogP contribution in [-0.4, -0.2) is 30.1 Å². The first-order valence-corrected chi connectivity index (χ1v) is 12.7. The lowest BCUT2D eigenvalue weighted by Gasteiger charge is -2.24. The Balaban J connectivity index is 1.20. The zero-order valence-electron chi connectivity index (χ0n) is 19.4. The Bertz CT molecular complexity index is 1300. The lowest BCUT2D eigenvalue weighted by Crippen LogP contribution is -2.25. The van der Waals surface area contributed by atoms with Crippen molar-refractivity contribution >= 4 is 35.1 Å². The highest BCUT2D eigenvalue weighted by Gasteiger charge is 2.29. The summed E-state index contributed by atoms with van der Waals surface area (Å²) in [5.74, 6) is 0.170. The molecule has 1 aliphatic heterocycles. The molecule has 3 aromatic rings. The third-order valence-electron chi connectivity index (χ3n) is 6.55. The van der Waals surface area contributed by atoms with Gasteiger partial charge in [0.15, 0.2) is 0 Å². The Labute approximate surface area is 219 Å². The van der Waals surface area contributed by atoms with Gasteiger partial charge in [0.2, 0.25) is 0 Å². The maximum atomic E-state index is 12.6. The fourth-order valence-corrected chi connectivity index (χ4v) is 4.90. The highest BCUT2D eigenvalue weighted by atomic mass is 35.5. The van der Waals surface area contributed by atoms with E-state index in [2.05, 4.69) is 5.32 Å². The molecule has 3 aromatic carbocycles. The molecule has 0 saturated heterocycles. The molecule has 2 N–H and O–H groups in total. The molecule has 36 heavy (non-hydrogen) atoms. The zero-order chi connectivity index (χ0) is 25.2. The third-order valence-corrected chi connectivity index (χ3v) is 7.08. The predicted molar refractivity (Wildman–Crippen MR) is 138 cm³/mol. The number of aliphatic carboxylic acids is 1.